The highest BCUT2D eigenvalue weighted by atomic mass is 35.5. The van der Waals surface area contributed by atoms with Gasteiger partial charge in [0.2, 0.25) is 0 Å². The summed E-state index contributed by atoms with van der Waals surface area (Å²) in [6.45, 7) is 0. The van der Waals surface area contributed by atoms with E-state index in [1.54, 1.807) is 24.3 Å². The number of carboxylic acids is 1. The molecule has 0 unspecified atom stereocenters. The minimum absolute atomic E-state index is 0.143. The second kappa shape index (κ2) is 3.44. The van der Waals surface area contributed by atoms with Crippen LogP contribution in [0.25, 0.3) is 10.8 Å². The van der Waals surface area contributed by atoms with E-state index in [-0.39, 0.29) is 11.3 Å². The normalized spacial score (nSPS) is 10.5. The van der Waals surface area contributed by atoms with Gasteiger partial charge in [-0.15, -0.1) is 0 Å². The number of phenols is 1. The van der Waals surface area contributed by atoms with Crippen molar-refractivity contribution in [2.45, 2.75) is 0 Å². The minimum Gasteiger partial charge on any atom is -0.506 e. The third-order valence-electron chi connectivity index (χ3n) is 2.20. The maximum Gasteiger partial charge on any atom is 0.339 e. The maximum atomic E-state index is 10.8. The molecule has 0 spiro atoms. The Bertz CT molecular complexity index is 549. The molecular weight excluding hydrogens is 216 g/mol. The molecule has 0 aromatic heterocycles. The van der Waals surface area contributed by atoms with Crippen molar-refractivity contribution in [3.05, 3.63) is 40.9 Å². The van der Waals surface area contributed by atoms with Gasteiger partial charge in [0, 0.05) is 5.39 Å². The molecule has 0 heterocycles. The zero-order valence-electron chi connectivity index (χ0n) is 7.57. The third kappa shape index (κ3) is 1.51. The number of aromatic hydroxyl groups is 1. The molecule has 0 radical (unpaired) electrons. The van der Waals surface area contributed by atoms with Crippen molar-refractivity contribution >= 4 is 28.3 Å². The molecule has 15 heavy (non-hydrogen) atoms. The summed E-state index contributed by atoms with van der Waals surface area (Å²) in [5.74, 6) is -1.46. The fourth-order valence-corrected chi connectivity index (χ4v) is 1.76. The number of rotatable bonds is 1. The molecular formula is C11H7ClO3. The van der Waals surface area contributed by atoms with E-state index in [1.165, 1.54) is 6.07 Å². The second-order valence-electron chi connectivity index (χ2n) is 3.10. The first-order chi connectivity index (χ1) is 7.11. The standard InChI is InChI=1S/C11H7ClO3/c12-8-3-1-2-6-4-5-7(11(14)15)10(13)9(6)8/h1-5,13H,(H,14,15). The van der Waals surface area contributed by atoms with Gasteiger partial charge in [-0.1, -0.05) is 29.8 Å². The summed E-state index contributed by atoms with van der Waals surface area (Å²) in [7, 11) is 0. The van der Waals surface area contributed by atoms with E-state index in [0.717, 1.165) is 0 Å². The smallest absolute Gasteiger partial charge is 0.339 e. The summed E-state index contributed by atoms with van der Waals surface area (Å²) >= 11 is 5.89. The molecule has 0 aliphatic carbocycles. The molecule has 0 saturated carbocycles. The molecule has 4 heteroatoms. The Morgan fingerprint density at radius 3 is 2.60 bits per heavy atom. The van der Waals surface area contributed by atoms with Crippen molar-refractivity contribution in [1.82, 2.24) is 0 Å². The Morgan fingerprint density at radius 2 is 1.93 bits per heavy atom. The first-order valence-corrected chi connectivity index (χ1v) is 4.62. The average molecular weight is 223 g/mol. The van der Waals surface area contributed by atoms with Gasteiger partial charge in [-0.05, 0) is 17.5 Å². The third-order valence-corrected chi connectivity index (χ3v) is 2.51. The number of hydrogen-bond acceptors (Lipinski definition) is 2. The predicted octanol–water partition coefficient (Wildman–Crippen LogP) is 2.90. The topological polar surface area (TPSA) is 57.5 Å². The van der Waals surface area contributed by atoms with Crippen LogP contribution in [0.15, 0.2) is 30.3 Å². The molecule has 2 aromatic rings. The predicted molar refractivity (Wildman–Crippen MR) is 57.6 cm³/mol. The number of halogens is 1. The van der Waals surface area contributed by atoms with Gasteiger partial charge in [0.05, 0.1) is 5.02 Å². The van der Waals surface area contributed by atoms with Crippen molar-refractivity contribution in [2.75, 3.05) is 0 Å². The Morgan fingerprint density at radius 1 is 1.20 bits per heavy atom. The molecule has 76 valence electrons. The monoisotopic (exact) mass is 222 g/mol. The van der Waals surface area contributed by atoms with Gasteiger partial charge in [-0.25, -0.2) is 4.79 Å². The maximum absolute atomic E-state index is 10.8. The molecule has 0 amide bonds. The largest absolute Gasteiger partial charge is 0.506 e. The van der Waals surface area contributed by atoms with Crippen molar-refractivity contribution in [3.63, 3.8) is 0 Å². The first-order valence-electron chi connectivity index (χ1n) is 4.25. The van der Waals surface area contributed by atoms with Crippen LogP contribution >= 0.6 is 11.6 Å². The quantitative estimate of drug-likeness (QED) is 0.780. The van der Waals surface area contributed by atoms with Gasteiger partial charge in [-0.3, -0.25) is 0 Å². The minimum atomic E-state index is -1.17. The van der Waals surface area contributed by atoms with Crippen LogP contribution < -0.4 is 0 Å². The van der Waals surface area contributed by atoms with Gasteiger partial charge in [0.15, 0.2) is 0 Å². The number of fused-ring (bicyclic) bond motifs is 1. The molecule has 2 aromatic carbocycles. The molecule has 3 nitrogen and oxygen atoms in total. The first kappa shape index (κ1) is 9.80. The highest BCUT2D eigenvalue weighted by Crippen LogP contribution is 2.33. The van der Waals surface area contributed by atoms with Gasteiger partial charge >= 0.3 is 5.97 Å². The van der Waals surface area contributed by atoms with E-state index in [0.29, 0.717) is 15.8 Å². The van der Waals surface area contributed by atoms with Crippen LogP contribution in [0.4, 0.5) is 0 Å². The summed E-state index contributed by atoms with van der Waals surface area (Å²) in [5.41, 5.74) is -0.143. The van der Waals surface area contributed by atoms with Crippen LogP contribution in [0.5, 0.6) is 5.75 Å². The van der Waals surface area contributed by atoms with Crippen molar-refractivity contribution in [3.8, 4) is 5.75 Å². The zero-order chi connectivity index (χ0) is 11.0. The van der Waals surface area contributed by atoms with E-state index in [1.807, 2.05) is 0 Å². The van der Waals surface area contributed by atoms with Crippen molar-refractivity contribution in [2.24, 2.45) is 0 Å². The van der Waals surface area contributed by atoms with Crippen LogP contribution in [0.1, 0.15) is 10.4 Å². The summed E-state index contributed by atoms with van der Waals surface area (Å²) in [5, 5.41) is 20.0. The fourth-order valence-electron chi connectivity index (χ4n) is 1.49. The Kier molecular flexibility index (Phi) is 2.25. The van der Waals surface area contributed by atoms with E-state index < -0.39 is 5.97 Å². The summed E-state index contributed by atoms with van der Waals surface area (Å²) < 4.78 is 0. The molecule has 2 rings (SSSR count). The number of carboxylic acid groups (broad SMARTS) is 1. The lowest BCUT2D eigenvalue weighted by Crippen LogP contribution is -1.96. The molecule has 0 fully saturated rings. The van der Waals surface area contributed by atoms with Crippen LogP contribution in [0, 0.1) is 0 Å². The average Bonchev–Trinajstić information content (AvgIpc) is 2.17. The van der Waals surface area contributed by atoms with E-state index in [9.17, 15) is 9.90 Å². The highest BCUT2D eigenvalue weighted by molar-refractivity contribution is 6.36. The van der Waals surface area contributed by atoms with Gasteiger partial charge in [-0.2, -0.15) is 0 Å². The fraction of sp³-hybridized carbons (Fsp3) is 0. The molecule has 0 bridgehead atoms. The number of aromatic carboxylic acids is 1. The van der Waals surface area contributed by atoms with Crippen LogP contribution in [0.3, 0.4) is 0 Å². The lowest BCUT2D eigenvalue weighted by molar-refractivity contribution is 0.0694. The van der Waals surface area contributed by atoms with Crippen LogP contribution in [0.2, 0.25) is 5.02 Å². The molecule has 2 N–H and O–H groups in total. The van der Waals surface area contributed by atoms with E-state index in [2.05, 4.69) is 0 Å². The highest BCUT2D eigenvalue weighted by Gasteiger charge is 2.13. The zero-order valence-corrected chi connectivity index (χ0v) is 8.32. The number of benzene rings is 2. The lowest BCUT2D eigenvalue weighted by Gasteiger charge is -2.05. The Balaban J connectivity index is 2.89. The SMILES string of the molecule is O=C(O)c1ccc2cccc(Cl)c2c1O. The van der Waals surface area contributed by atoms with Crippen LogP contribution in [-0.4, -0.2) is 16.2 Å². The van der Waals surface area contributed by atoms with Gasteiger partial charge < -0.3 is 10.2 Å². The van der Waals surface area contributed by atoms with Gasteiger partial charge in [0.1, 0.15) is 11.3 Å². The number of carbonyl (C=O) groups is 1. The van der Waals surface area contributed by atoms with E-state index in [4.69, 9.17) is 16.7 Å². The van der Waals surface area contributed by atoms with Crippen LogP contribution in [-0.2, 0) is 0 Å². The lowest BCUT2D eigenvalue weighted by atomic mass is 10.1. The molecule has 0 aliphatic heterocycles. The van der Waals surface area contributed by atoms with Gasteiger partial charge in [0.25, 0.3) is 0 Å². The summed E-state index contributed by atoms with van der Waals surface area (Å²) in [4.78, 5) is 10.8. The number of hydrogen-bond donors (Lipinski definition) is 2. The second-order valence-corrected chi connectivity index (χ2v) is 3.51. The van der Waals surface area contributed by atoms with Crippen molar-refractivity contribution in [1.29, 1.82) is 0 Å². The van der Waals surface area contributed by atoms with E-state index >= 15 is 0 Å². The van der Waals surface area contributed by atoms with Crippen molar-refractivity contribution < 1.29 is 15.0 Å². The molecule has 0 saturated heterocycles. The molecule has 0 atom stereocenters. The Labute approximate surface area is 90.5 Å². The summed E-state index contributed by atoms with van der Waals surface area (Å²) in [6, 6.07) is 8.08. The molecule has 0 aliphatic rings. The Hall–Kier alpha value is -1.74. The summed E-state index contributed by atoms with van der Waals surface area (Å²) in [6.07, 6.45) is 0.